The zero-order valence-corrected chi connectivity index (χ0v) is 10.8. The Hall–Kier alpha value is -0.860. The van der Waals surface area contributed by atoms with Crippen molar-refractivity contribution in [1.82, 2.24) is 5.32 Å². The van der Waals surface area contributed by atoms with Crippen LogP contribution in [-0.4, -0.2) is 18.2 Å². The molecular weight excluding hydrogens is 202 g/mol. The smallest absolute Gasteiger partial charge is 0.219 e. The van der Waals surface area contributed by atoms with E-state index in [9.17, 15) is 9.59 Å². The van der Waals surface area contributed by atoms with Crippen LogP contribution in [0, 0.1) is 5.92 Å². The van der Waals surface area contributed by atoms with E-state index in [-0.39, 0.29) is 11.8 Å². The Labute approximate surface area is 99.0 Å². The summed E-state index contributed by atoms with van der Waals surface area (Å²) in [5, 5.41) is 2.87. The predicted molar refractivity (Wildman–Crippen MR) is 66.2 cm³/mol. The zero-order valence-electron chi connectivity index (χ0n) is 10.8. The van der Waals surface area contributed by atoms with Crippen LogP contribution in [0.4, 0.5) is 0 Å². The highest BCUT2D eigenvalue weighted by Crippen LogP contribution is 2.05. The third-order valence-corrected chi connectivity index (χ3v) is 2.54. The van der Waals surface area contributed by atoms with Crippen LogP contribution in [0.25, 0.3) is 0 Å². The third kappa shape index (κ3) is 8.45. The molecule has 0 aliphatic heterocycles. The lowest BCUT2D eigenvalue weighted by molar-refractivity contribution is -0.122. The van der Waals surface area contributed by atoms with Gasteiger partial charge in [-0.1, -0.05) is 27.2 Å². The number of Topliss-reactive ketones (excluding diaryl/α,β-unsaturated/α-hetero) is 1. The fraction of sp³-hybridized carbons (Fsp3) is 0.846. The highest BCUT2D eigenvalue weighted by atomic mass is 16.1. The van der Waals surface area contributed by atoms with E-state index in [1.807, 2.05) is 20.8 Å². The molecule has 0 unspecified atom stereocenters. The second-order valence-corrected chi connectivity index (χ2v) is 4.53. The molecule has 0 saturated heterocycles. The number of amides is 1. The molecule has 0 aromatic heterocycles. The molecule has 0 fully saturated rings. The van der Waals surface area contributed by atoms with Crippen LogP contribution >= 0.6 is 0 Å². The molecular formula is C13H25NO2. The highest BCUT2D eigenvalue weighted by molar-refractivity contribution is 5.80. The molecule has 1 amide bonds. The standard InChI is InChI=1S/C13H25NO2/c1-4-8-13(16)14-10-7-5-6-9-12(15)11(2)3/h11H,4-10H2,1-3H3,(H,14,16). The van der Waals surface area contributed by atoms with E-state index in [2.05, 4.69) is 5.32 Å². The summed E-state index contributed by atoms with van der Waals surface area (Å²) in [6.45, 7) is 6.62. The first-order valence-electron chi connectivity index (χ1n) is 6.37. The number of rotatable bonds is 9. The maximum Gasteiger partial charge on any atom is 0.219 e. The van der Waals surface area contributed by atoms with Crippen molar-refractivity contribution in [1.29, 1.82) is 0 Å². The topological polar surface area (TPSA) is 46.2 Å². The van der Waals surface area contributed by atoms with E-state index in [1.54, 1.807) is 0 Å². The first kappa shape index (κ1) is 15.1. The lowest BCUT2D eigenvalue weighted by Gasteiger charge is -2.05. The minimum Gasteiger partial charge on any atom is -0.356 e. The van der Waals surface area contributed by atoms with E-state index in [4.69, 9.17) is 0 Å². The molecule has 3 heteroatoms. The van der Waals surface area contributed by atoms with Gasteiger partial charge in [-0.3, -0.25) is 9.59 Å². The summed E-state index contributed by atoms with van der Waals surface area (Å²) in [6.07, 6.45) is 5.13. The lowest BCUT2D eigenvalue weighted by Crippen LogP contribution is -2.23. The number of ketones is 1. The van der Waals surface area contributed by atoms with Crippen LogP contribution in [0.15, 0.2) is 0 Å². The van der Waals surface area contributed by atoms with E-state index in [0.717, 1.165) is 32.2 Å². The van der Waals surface area contributed by atoms with Crippen molar-refractivity contribution in [2.45, 2.75) is 59.3 Å². The summed E-state index contributed by atoms with van der Waals surface area (Å²) in [5.74, 6) is 0.639. The van der Waals surface area contributed by atoms with Gasteiger partial charge in [0.2, 0.25) is 5.91 Å². The molecule has 0 saturated carbocycles. The summed E-state index contributed by atoms with van der Waals surface area (Å²) in [6, 6.07) is 0. The number of nitrogens with one attached hydrogen (secondary N) is 1. The number of carbonyl (C=O) groups excluding carboxylic acids is 2. The van der Waals surface area contributed by atoms with Crippen LogP contribution in [-0.2, 0) is 9.59 Å². The number of carbonyl (C=O) groups is 2. The van der Waals surface area contributed by atoms with Crippen LogP contribution < -0.4 is 5.32 Å². The molecule has 1 N–H and O–H groups in total. The molecule has 0 heterocycles. The van der Waals surface area contributed by atoms with Crippen molar-refractivity contribution < 1.29 is 9.59 Å². The van der Waals surface area contributed by atoms with Gasteiger partial charge < -0.3 is 5.32 Å². The number of unbranched alkanes of at least 4 members (excludes halogenated alkanes) is 2. The average molecular weight is 227 g/mol. The van der Waals surface area contributed by atoms with E-state index >= 15 is 0 Å². The van der Waals surface area contributed by atoms with Gasteiger partial charge in [0, 0.05) is 25.3 Å². The van der Waals surface area contributed by atoms with Crippen molar-refractivity contribution in [3.8, 4) is 0 Å². The Kier molecular flexibility index (Phi) is 8.87. The second-order valence-electron chi connectivity index (χ2n) is 4.53. The van der Waals surface area contributed by atoms with Crippen molar-refractivity contribution in [2.24, 2.45) is 5.92 Å². The number of hydrogen-bond acceptors (Lipinski definition) is 2. The van der Waals surface area contributed by atoms with Gasteiger partial charge in [0.15, 0.2) is 0 Å². The maximum atomic E-state index is 11.3. The summed E-state index contributed by atoms with van der Waals surface area (Å²) in [5.41, 5.74) is 0. The molecule has 0 bridgehead atoms. The fourth-order valence-corrected chi connectivity index (χ4v) is 1.43. The molecule has 0 aromatic carbocycles. The summed E-state index contributed by atoms with van der Waals surface area (Å²) in [4.78, 5) is 22.4. The molecule has 0 atom stereocenters. The largest absolute Gasteiger partial charge is 0.356 e. The molecule has 0 rings (SSSR count). The van der Waals surface area contributed by atoms with Gasteiger partial charge >= 0.3 is 0 Å². The molecule has 3 nitrogen and oxygen atoms in total. The SMILES string of the molecule is CCCC(=O)NCCCCCC(=O)C(C)C. The van der Waals surface area contributed by atoms with Crippen LogP contribution in [0.1, 0.15) is 59.3 Å². The third-order valence-electron chi connectivity index (χ3n) is 2.54. The van der Waals surface area contributed by atoms with Crippen molar-refractivity contribution in [3.63, 3.8) is 0 Å². The van der Waals surface area contributed by atoms with Gasteiger partial charge in [-0.05, 0) is 19.3 Å². The first-order chi connectivity index (χ1) is 7.57. The zero-order chi connectivity index (χ0) is 12.4. The second kappa shape index (κ2) is 9.37. The van der Waals surface area contributed by atoms with Gasteiger partial charge in [-0.15, -0.1) is 0 Å². The monoisotopic (exact) mass is 227 g/mol. The summed E-state index contributed by atoms with van der Waals surface area (Å²) >= 11 is 0. The van der Waals surface area contributed by atoms with Crippen LogP contribution in [0.3, 0.4) is 0 Å². The molecule has 16 heavy (non-hydrogen) atoms. The Morgan fingerprint density at radius 3 is 2.31 bits per heavy atom. The maximum absolute atomic E-state index is 11.3. The molecule has 0 aromatic rings. The van der Waals surface area contributed by atoms with Gasteiger partial charge in [0.25, 0.3) is 0 Å². The fourth-order valence-electron chi connectivity index (χ4n) is 1.43. The van der Waals surface area contributed by atoms with Gasteiger partial charge in [-0.25, -0.2) is 0 Å². The molecule has 0 spiro atoms. The highest BCUT2D eigenvalue weighted by Gasteiger charge is 2.05. The van der Waals surface area contributed by atoms with Crippen molar-refractivity contribution in [3.05, 3.63) is 0 Å². The first-order valence-corrected chi connectivity index (χ1v) is 6.37. The predicted octanol–water partition coefficient (Wildman–Crippen LogP) is 2.69. The summed E-state index contributed by atoms with van der Waals surface area (Å²) in [7, 11) is 0. The number of hydrogen-bond donors (Lipinski definition) is 1. The quantitative estimate of drug-likeness (QED) is 0.616. The van der Waals surface area contributed by atoms with Gasteiger partial charge in [-0.2, -0.15) is 0 Å². The van der Waals surface area contributed by atoms with E-state index in [0.29, 0.717) is 18.6 Å². The van der Waals surface area contributed by atoms with Crippen LogP contribution in [0.2, 0.25) is 0 Å². The minimum absolute atomic E-state index is 0.140. The molecule has 0 radical (unpaired) electrons. The van der Waals surface area contributed by atoms with Crippen molar-refractivity contribution in [2.75, 3.05) is 6.54 Å². The lowest BCUT2D eigenvalue weighted by atomic mass is 10.0. The Balaban J connectivity index is 3.28. The minimum atomic E-state index is 0.140. The molecule has 94 valence electrons. The average Bonchev–Trinajstić information content (AvgIpc) is 2.23. The van der Waals surface area contributed by atoms with Crippen LogP contribution in [0.5, 0.6) is 0 Å². The summed E-state index contributed by atoms with van der Waals surface area (Å²) < 4.78 is 0. The molecule has 0 aliphatic rings. The van der Waals surface area contributed by atoms with Crippen molar-refractivity contribution >= 4 is 11.7 Å². The van der Waals surface area contributed by atoms with Gasteiger partial charge in [0.1, 0.15) is 5.78 Å². The Bertz CT molecular complexity index is 212. The Morgan fingerprint density at radius 1 is 1.06 bits per heavy atom. The normalized spacial score (nSPS) is 10.5. The van der Waals surface area contributed by atoms with E-state index in [1.165, 1.54) is 0 Å². The Morgan fingerprint density at radius 2 is 1.75 bits per heavy atom. The van der Waals surface area contributed by atoms with Gasteiger partial charge in [0.05, 0.1) is 0 Å². The molecule has 0 aliphatic carbocycles. The van der Waals surface area contributed by atoms with E-state index < -0.39 is 0 Å².